The van der Waals surface area contributed by atoms with Gasteiger partial charge in [-0.25, -0.2) is 0 Å². The number of aromatic nitrogens is 2. The summed E-state index contributed by atoms with van der Waals surface area (Å²) in [6.45, 7) is 23.7. The monoisotopic (exact) mass is 913 g/mol. The molecule has 0 aromatic carbocycles. The molecule has 66 heavy (non-hydrogen) atoms. The van der Waals surface area contributed by atoms with E-state index in [4.69, 9.17) is 30.1 Å². The molecule has 0 unspecified atom stereocenters. The summed E-state index contributed by atoms with van der Waals surface area (Å²) < 4.78 is 11.1. The summed E-state index contributed by atoms with van der Waals surface area (Å²) in [5, 5.41) is 10.3. The van der Waals surface area contributed by atoms with E-state index < -0.39 is 11.9 Å². The van der Waals surface area contributed by atoms with E-state index in [0.717, 1.165) is 54.0 Å². The molecule has 10 nitrogen and oxygen atoms in total. The zero-order valence-corrected chi connectivity index (χ0v) is 43.7. The van der Waals surface area contributed by atoms with Crippen LogP contribution < -0.4 is 9.97 Å². The summed E-state index contributed by atoms with van der Waals surface area (Å²) >= 11 is 0. The van der Waals surface area contributed by atoms with E-state index in [1.54, 1.807) is 6.92 Å². The largest absolute Gasteiger partial charge is 2.00 e. The molecule has 3 aliphatic heterocycles. The molecule has 4 aliphatic rings. The van der Waals surface area contributed by atoms with Crippen LogP contribution in [0.2, 0.25) is 0 Å². The number of hydrogen-bond acceptors (Lipinski definition) is 6. The number of carbonyl (C=O) groups excluding carboxylic acids is 4. The average molecular weight is 914 g/mol. The number of nitrogens with zero attached hydrogens (tertiary/aromatic N) is 4. The predicted molar refractivity (Wildman–Crippen MR) is 266 cm³/mol. The smallest absolute Gasteiger partial charge is 0.664 e. The molecule has 0 N–H and O–H groups in total. The van der Waals surface area contributed by atoms with Crippen LogP contribution in [0, 0.1) is 67.1 Å². The van der Waals surface area contributed by atoms with Crippen molar-refractivity contribution >= 4 is 70.4 Å². The Balaban J connectivity index is 0.00000817. The molecule has 2 aromatic heterocycles. The van der Waals surface area contributed by atoms with E-state index in [0.29, 0.717) is 75.4 Å². The normalized spacial score (nSPS) is 25.7. The number of fused-ring (bicyclic) bond motifs is 7. The van der Waals surface area contributed by atoms with Crippen molar-refractivity contribution in [2.75, 3.05) is 13.7 Å². The fraction of sp³-hybridized carbons (Fsp3) is 0.636. The summed E-state index contributed by atoms with van der Waals surface area (Å²) in [5.74, 6) is -0.269. The Labute approximate surface area is 412 Å². The Kier molecular flexibility index (Phi) is 18.9. The van der Waals surface area contributed by atoms with Gasteiger partial charge in [0.2, 0.25) is 0 Å². The van der Waals surface area contributed by atoms with Crippen molar-refractivity contribution in [2.24, 2.45) is 53.3 Å². The van der Waals surface area contributed by atoms with E-state index in [1.807, 2.05) is 39.0 Å². The first kappa shape index (κ1) is 53.1. The van der Waals surface area contributed by atoms with Gasteiger partial charge in [0, 0.05) is 17.5 Å². The molecule has 8 atom stereocenters. The average Bonchev–Trinajstić information content (AvgIpc) is 4.00. The second-order valence-electron chi connectivity index (χ2n) is 20.6. The zero-order chi connectivity index (χ0) is 47.3. The first-order valence-electron chi connectivity index (χ1n) is 24.9. The van der Waals surface area contributed by atoms with Crippen LogP contribution in [0.1, 0.15) is 200 Å². The van der Waals surface area contributed by atoms with Crippen LogP contribution in [0.4, 0.5) is 0 Å². The number of ether oxygens (including phenoxy) is 2. The minimum Gasteiger partial charge on any atom is -0.664 e. The van der Waals surface area contributed by atoms with E-state index in [-0.39, 0.29) is 70.7 Å². The number of methoxy groups -OCH3 is 1. The van der Waals surface area contributed by atoms with Crippen molar-refractivity contribution in [2.45, 2.75) is 160 Å². The Morgan fingerprint density at radius 2 is 1.26 bits per heavy atom. The minimum absolute atomic E-state index is 0. The first-order valence-corrected chi connectivity index (χ1v) is 24.9. The number of ketones is 2. The molecule has 6 rings (SSSR count). The van der Waals surface area contributed by atoms with Crippen LogP contribution in [0.25, 0.3) is 34.4 Å². The van der Waals surface area contributed by atoms with Gasteiger partial charge >= 0.3 is 35.0 Å². The van der Waals surface area contributed by atoms with Gasteiger partial charge in [-0.1, -0.05) is 155 Å². The quantitative estimate of drug-likeness (QED) is 0.0521. The van der Waals surface area contributed by atoms with Crippen molar-refractivity contribution in [3.05, 3.63) is 78.5 Å². The number of carbonyl (C=O) groups is 4. The van der Waals surface area contributed by atoms with Gasteiger partial charge in [-0.05, 0) is 81.0 Å². The minimum atomic E-state index is -1.24. The van der Waals surface area contributed by atoms with Crippen LogP contribution >= 0.6 is 0 Å². The molecule has 356 valence electrons. The van der Waals surface area contributed by atoms with Crippen molar-refractivity contribution in [1.29, 1.82) is 0 Å². The molecule has 1 aliphatic carbocycles. The Morgan fingerprint density at radius 1 is 0.712 bits per heavy atom. The molecule has 0 spiro atoms. The number of hydrogen-bond donors (Lipinski definition) is 0. The van der Waals surface area contributed by atoms with Gasteiger partial charge in [-0.2, -0.15) is 22.8 Å². The molecule has 0 saturated carbocycles. The number of Topliss-reactive ketones (excluding diaryl/α,β-unsaturated/α-hetero) is 2. The summed E-state index contributed by atoms with van der Waals surface area (Å²) in [4.78, 5) is 64.7. The van der Waals surface area contributed by atoms with Crippen LogP contribution in [0.15, 0.2) is 22.8 Å². The van der Waals surface area contributed by atoms with Gasteiger partial charge in [0.25, 0.3) is 0 Å². The Hall–Kier alpha value is -3.83. The van der Waals surface area contributed by atoms with Gasteiger partial charge in [-0.15, -0.1) is 22.8 Å². The first-order chi connectivity index (χ1) is 30.9. The number of allylic oxidation sites excluding steroid dienone is 4. The van der Waals surface area contributed by atoms with E-state index in [2.05, 4.69) is 48.5 Å². The molecule has 8 bridgehead atoms. The van der Waals surface area contributed by atoms with Crippen LogP contribution in [0.5, 0.6) is 0 Å². The maximum Gasteiger partial charge on any atom is 2.00 e. The molecule has 5 heterocycles. The van der Waals surface area contributed by atoms with Crippen LogP contribution in [0.3, 0.4) is 0 Å². The van der Waals surface area contributed by atoms with Crippen LogP contribution in [-0.4, -0.2) is 60.3 Å². The fourth-order valence-electron chi connectivity index (χ4n) is 10.8. The van der Waals surface area contributed by atoms with E-state index in [9.17, 15) is 19.2 Å². The van der Waals surface area contributed by atoms with Crippen molar-refractivity contribution in [1.82, 2.24) is 9.97 Å². The molecule has 11 heteroatoms. The standard InChI is InChI=1S/C55H78N4O6.Mg/c1-13-39-34(7)41-29-46-48(38(11)60)36(9)43(57-46)27-42-35(8)40(52(58-42)50-51(55(63)64-12)54(62)49-37(10)44(59-53(49)50)28-45(39)56-41)23-24-47(61)65-26-25-33(6)22-16-21-32(5)20-15-19-31(4)18-14-17-30(2)3;/h27-35,39-40,51H,13-26H2,1-12H3,(H2-2,56,57,58,59,60,62);/q-2;+2/p-2/b42-27-,45-28-;/t31-,32-,33+,34-,35+,39-,40+,51-;/m1./s1. The van der Waals surface area contributed by atoms with Crippen molar-refractivity contribution in [3.8, 4) is 0 Å². The molecule has 2 saturated heterocycles. The van der Waals surface area contributed by atoms with Crippen molar-refractivity contribution < 1.29 is 28.7 Å². The third-order valence-electron chi connectivity index (χ3n) is 15.1. The second kappa shape index (κ2) is 23.5. The molecule has 2 fully saturated rings. The van der Waals surface area contributed by atoms with Crippen molar-refractivity contribution in [3.63, 3.8) is 0 Å². The maximum atomic E-state index is 14.4. The number of esters is 2. The van der Waals surface area contributed by atoms with Gasteiger partial charge in [0.1, 0.15) is 5.92 Å². The topological polar surface area (TPSA) is 143 Å². The Bertz CT molecular complexity index is 2220. The third kappa shape index (κ3) is 11.9. The molecule has 0 radical (unpaired) electrons. The Morgan fingerprint density at radius 3 is 1.85 bits per heavy atom. The molecular formula is C55H76MgN4O6-2. The predicted octanol–water partition coefficient (Wildman–Crippen LogP) is 13.0. The summed E-state index contributed by atoms with van der Waals surface area (Å²) in [7, 11) is 1.29. The summed E-state index contributed by atoms with van der Waals surface area (Å²) in [6, 6.07) is 0. The van der Waals surface area contributed by atoms with E-state index >= 15 is 0 Å². The van der Waals surface area contributed by atoms with Gasteiger partial charge < -0.3 is 30.1 Å². The van der Waals surface area contributed by atoms with Gasteiger partial charge in [0.15, 0.2) is 11.6 Å². The van der Waals surface area contributed by atoms with E-state index in [1.165, 1.54) is 58.5 Å². The third-order valence-corrected chi connectivity index (χ3v) is 15.1. The zero-order valence-electron chi connectivity index (χ0n) is 42.3. The van der Waals surface area contributed by atoms with Gasteiger partial charge in [0.05, 0.1) is 13.7 Å². The number of rotatable bonds is 21. The molecule has 0 amide bonds. The SMILES string of the molecule is CC[C@H]1/C2=C/c3[n-]c4c(c3C)C(=O)[C@H](C(=O)OC)/C4=C3/[N-]/C(=C\c4[n-]c(c(C(C)=O)c4C)/C=C(\[N-]2)[C@@H]1C)[C@@H](C)[C@@H]3CCC(=O)OCC[C@@H](C)CCC[C@H](C)CCC[C@H](C)CCCC(C)C.[Mg+2]. The fourth-order valence-corrected chi connectivity index (χ4v) is 10.8. The maximum absolute atomic E-state index is 14.4. The molecular weight excluding hydrogens is 837 g/mol. The van der Waals surface area contributed by atoms with Gasteiger partial charge in [-0.3, -0.25) is 19.2 Å². The summed E-state index contributed by atoms with van der Waals surface area (Å²) in [6.07, 6.45) is 19.5. The molecule has 2 aromatic rings. The second-order valence-corrected chi connectivity index (χ2v) is 20.6. The van der Waals surface area contributed by atoms with Crippen LogP contribution in [-0.2, 0) is 19.1 Å². The summed E-state index contributed by atoms with van der Waals surface area (Å²) in [5.41, 5.74) is 7.97.